The molecule has 1 amide bonds. The van der Waals surface area contributed by atoms with E-state index in [4.69, 9.17) is 0 Å². The van der Waals surface area contributed by atoms with Gasteiger partial charge < -0.3 is 15.0 Å². The standard InChI is InChI=1S/C22H22BrFN2O2/c23-15-10-8-14(9-11-15)12-26-13-16(21-17(24)4-3-6-19(21)26)22(28)25-18-5-1-2-7-20(18)27/h3-4,6,8-11,13,18,20,27H,1-2,5,7,12H2,(H,25,28)/t18-,20-/m0/s1. The Morgan fingerprint density at radius 1 is 1.18 bits per heavy atom. The van der Waals surface area contributed by atoms with E-state index < -0.39 is 11.9 Å². The second-order valence-electron chi connectivity index (χ2n) is 7.36. The molecule has 0 saturated heterocycles. The Bertz CT molecular complexity index is 1000. The molecular weight excluding hydrogens is 423 g/mol. The highest BCUT2D eigenvalue weighted by Crippen LogP contribution is 2.27. The fourth-order valence-corrected chi connectivity index (χ4v) is 4.19. The number of hydrogen-bond acceptors (Lipinski definition) is 2. The number of fused-ring (bicyclic) bond motifs is 1. The zero-order valence-corrected chi connectivity index (χ0v) is 17.0. The molecule has 0 bridgehead atoms. The molecule has 146 valence electrons. The van der Waals surface area contributed by atoms with Crippen molar-refractivity contribution in [3.8, 4) is 0 Å². The largest absolute Gasteiger partial charge is 0.391 e. The zero-order valence-electron chi connectivity index (χ0n) is 15.4. The summed E-state index contributed by atoms with van der Waals surface area (Å²) in [7, 11) is 0. The number of nitrogens with one attached hydrogen (secondary N) is 1. The number of aliphatic hydroxyl groups is 1. The topological polar surface area (TPSA) is 54.3 Å². The average Bonchev–Trinajstić information content (AvgIpc) is 3.05. The van der Waals surface area contributed by atoms with Crippen molar-refractivity contribution in [2.75, 3.05) is 0 Å². The number of rotatable bonds is 4. The molecular formula is C22H22BrFN2O2. The second kappa shape index (κ2) is 8.05. The van der Waals surface area contributed by atoms with Crippen LogP contribution >= 0.6 is 15.9 Å². The molecule has 2 aromatic carbocycles. The van der Waals surface area contributed by atoms with Gasteiger partial charge in [-0.3, -0.25) is 4.79 Å². The Hall–Kier alpha value is -2.18. The molecule has 28 heavy (non-hydrogen) atoms. The third kappa shape index (κ3) is 3.84. The Labute approximate surface area is 171 Å². The molecule has 0 aliphatic heterocycles. The summed E-state index contributed by atoms with van der Waals surface area (Å²) in [5, 5.41) is 13.4. The van der Waals surface area contributed by atoms with Gasteiger partial charge in [-0.25, -0.2) is 4.39 Å². The predicted molar refractivity (Wildman–Crippen MR) is 111 cm³/mol. The number of aliphatic hydroxyl groups excluding tert-OH is 1. The van der Waals surface area contributed by atoms with Crippen molar-refractivity contribution >= 4 is 32.7 Å². The van der Waals surface area contributed by atoms with E-state index in [9.17, 15) is 14.3 Å². The van der Waals surface area contributed by atoms with Gasteiger partial charge in [0.2, 0.25) is 0 Å². The van der Waals surface area contributed by atoms with E-state index in [2.05, 4.69) is 21.2 Å². The molecule has 0 unspecified atom stereocenters. The summed E-state index contributed by atoms with van der Waals surface area (Å²) >= 11 is 3.43. The first-order valence-electron chi connectivity index (χ1n) is 9.53. The van der Waals surface area contributed by atoms with Gasteiger partial charge in [-0.1, -0.05) is 47.0 Å². The van der Waals surface area contributed by atoms with Crippen LogP contribution in [0.4, 0.5) is 4.39 Å². The van der Waals surface area contributed by atoms with Crippen LogP contribution in [0.25, 0.3) is 10.9 Å². The third-order valence-corrected chi connectivity index (χ3v) is 5.94. The van der Waals surface area contributed by atoms with E-state index in [0.29, 0.717) is 29.4 Å². The minimum absolute atomic E-state index is 0.280. The molecule has 4 rings (SSSR count). The van der Waals surface area contributed by atoms with Crippen LogP contribution in [-0.2, 0) is 6.54 Å². The summed E-state index contributed by atoms with van der Waals surface area (Å²) in [6, 6.07) is 12.5. The molecule has 2 atom stereocenters. The molecule has 6 heteroatoms. The fraction of sp³-hybridized carbons (Fsp3) is 0.318. The normalized spacial score (nSPS) is 19.7. The first kappa shape index (κ1) is 19.2. The van der Waals surface area contributed by atoms with Crippen LogP contribution in [-0.4, -0.2) is 27.7 Å². The summed E-state index contributed by atoms with van der Waals surface area (Å²) in [6.07, 6.45) is 4.53. The summed E-state index contributed by atoms with van der Waals surface area (Å²) in [4.78, 5) is 12.9. The summed E-state index contributed by atoms with van der Waals surface area (Å²) < 4.78 is 17.5. The van der Waals surface area contributed by atoms with Crippen molar-refractivity contribution in [2.45, 2.75) is 44.4 Å². The maximum absolute atomic E-state index is 14.6. The van der Waals surface area contributed by atoms with Crippen LogP contribution in [0, 0.1) is 5.82 Å². The summed E-state index contributed by atoms with van der Waals surface area (Å²) in [5.74, 6) is -0.753. The van der Waals surface area contributed by atoms with Crippen molar-refractivity contribution in [1.29, 1.82) is 0 Å². The SMILES string of the molecule is O=C(N[C@H]1CCCC[C@@H]1O)c1cn(Cc2ccc(Br)cc2)c2cccc(F)c12. The monoisotopic (exact) mass is 444 g/mol. The first-order chi connectivity index (χ1) is 13.5. The van der Waals surface area contributed by atoms with Gasteiger partial charge in [-0.05, 0) is 42.7 Å². The second-order valence-corrected chi connectivity index (χ2v) is 8.28. The quantitative estimate of drug-likeness (QED) is 0.616. The maximum Gasteiger partial charge on any atom is 0.253 e. The van der Waals surface area contributed by atoms with Crippen LogP contribution in [0.5, 0.6) is 0 Å². The molecule has 1 aromatic heterocycles. The van der Waals surface area contributed by atoms with Gasteiger partial charge in [0, 0.05) is 22.6 Å². The zero-order chi connectivity index (χ0) is 19.7. The number of halogens is 2. The highest BCUT2D eigenvalue weighted by atomic mass is 79.9. The molecule has 2 N–H and O–H groups in total. The van der Waals surface area contributed by atoms with Crippen molar-refractivity contribution < 1.29 is 14.3 Å². The molecule has 1 saturated carbocycles. The van der Waals surface area contributed by atoms with E-state index in [1.165, 1.54) is 6.07 Å². The van der Waals surface area contributed by atoms with Crippen LogP contribution in [0.2, 0.25) is 0 Å². The van der Waals surface area contributed by atoms with E-state index in [0.717, 1.165) is 29.3 Å². The third-order valence-electron chi connectivity index (χ3n) is 5.41. The lowest BCUT2D eigenvalue weighted by Gasteiger charge is -2.28. The van der Waals surface area contributed by atoms with E-state index in [-0.39, 0.29) is 11.9 Å². The van der Waals surface area contributed by atoms with Gasteiger partial charge in [0.25, 0.3) is 5.91 Å². The number of aromatic nitrogens is 1. The van der Waals surface area contributed by atoms with Gasteiger partial charge in [-0.15, -0.1) is 0 Å². The fourth-order valence-electron chi connectivity index (χ4n) is 3.92. The Morgan fingerprint density at radius 3 is 2.68 bits per heavy atom. The maximum atomic E-state index is 14.6. The molecule has 3 aromatic rings. The minimum atomic E-state index is -0.543. The van der Waals surface area contributed by atoms with Crippen molar-refractivity contribution in [3.05, 3.63) is 70.1 Å². The van der Waals surface area contributed by atoms with Crippen molar-refractivity contribution in [2.24, 2.45) is 0 Å². The van der Waals surface area contributed by atoms with E-state index in [1.807, 2.05) is 34.9 Å². The predicted octanol–water partition coefficient (Wildman–Crippen LogP) is 4.62. The van der Waals surface area contributed by atoms with Crippen LogP contribution in [0.15, 0.2) is 53.1 Å². The molecule has 1 heterocycles. The van der Waals surface area contributed by atoms with Crippen LogP contribution in [0.1, 0.15) is 41.6 Å². The lowest BCUT2D eigenvalue weighted by Crippen LogP contribution is -2.45. The molecule has 0 spiro atoms. The minimum Gasteiger partial charge on any atom is -0.391 e. The average molecular weight is 445 g/mol. The summed E-state index contributed by atoms with van der Waals surface area (Å²) in [5.41, 5.74) is 2.04. The molecule has 0 radical (unpaired) electrons. The van der Waals surface area contributed by atoms with Gasteiger partial charge in [0.05, 0.1) is 23.2 Å². The number of amides is 1. The number of benzene rings is 2. The highest BCUT2D eigenvalue weighted by Gasteiger charge is 2.27. The van der Waals surface area contributed by atoms with E-state index in [1.54, 1.807) is 12.3 Å². The Kier molecular flexibility index (Phi) is 5.51. The lowest BCUT2D eigenvalue weighted by atomic mass is 9.92. The number of hydrogen-bond donors (Lipinski definition) is 2. The molecule has 1 aliphatic rings. The smallest absolute Gasteiger partial charge is 0.253 e. The van der Waals surface area contributed by atoms with Crippen molar-refractivity contribution in [1.82, 2.24) is 9.88 Å². The molecule has 4 nitrogen and oxygen atoms in total. The summed E-state index contributed by atoms with van der Waals surface area (Å²) in [6.45, 7) is 0.534. The number of nitrogens with zero attached hydrogens (tertiary/aromatic N) is 1. The van der Waals surface area contributed by atoms with Gasteiger partial charge in [0.1, 0.15) is 5.82 Å². The molecule has 1 fully saturated rings. The Balaban J connectivity index is 1.68. The highest BCUT2D eigenvalue weighted by molar-refractivity contribution is 9.10. The Morgan fingerprint density at radius 2 is 1.93 bits per heavy atom. The molecule has 1 aliphatic carbocycles. The number of carbonyl (C=O) groups excluding carboxylic acids is 1. The van der Waals surface area contributed by atoms with Crippen LogP contribution < -0.4 is 5.32 Å². The van der Waals surface area contributed by atoms with Gasteiger partial charge in [-0.2, -0.15) is 0 Å². The van der Waals surface area contributed by atoms with Crippen molar-refractivity contribution in [3.63, 3.8) is 0 Å². The lowest BCUT2D eigenvalue weighted by molar-refractivity contribution is 0.0718. The van der Waals surface area contributed by atoms with E-state index >= 15 is 0 Å². The first-order valence-corrected chi connectivity index (χ1v) is 10.3. The van der Waals surface area contributed by atoms with Crippen LogP contribution in [0.3, 0.4) is 0 Å². The number of carbonyl (C=O) groups is 1. The van der Waals surface area contributed by atoms with Gasteiger partial charge >= 0.3 is 0 Å². The van der Waals surface area contributed by atoms with Gasteiger partial charge in [0.15, 0.2) is 0 Å².